The highest BCUT2D eigenvalue weighted by Crippen LogP contribution is 2.30. The number of aromatic nitrogens is 2. The molecule has 160 valence electrons. The van der Waals surface area contributed by atoms with Gasteiger partial charge in [0, 0.05) is 18.7 Å². The van der Waals surface area contributed by atoms with E-state index in [2.05, 4.69) is 20.5 Å². The zero-order chi connectivity index (χ0) is 21.8. The van der Waals surface area contributed by atoms with Crippen LogP contribution in [-0.4, -0.2) is 53.6 Å². The van der Waals surface area contributed by atoms with Crippen LogP contribution in [0.4, 0.5) is 16.2 Å². The summed E-state index contributed by atoms with van der Waals surface area (Å²) in [7, 11) is 0. The van der Waals surface area contributed by atoms with Crippen molar-refractivity contribution in [3.05, 3.63) is 58.7 Å². The van der Waals surface area contributed by atoms with E-state index >= 15 is 0 Å². The third-order valence-corrected chi connectivity index (χ3v) is 4.83. The number of nitrogens with one attached hydrogen (secondary N) is 1. The van der Waals surface area contributed by atoms with Gasteiger partial charge in [-0.25, -0.2) is 19.6 Å². The van der Waals surface area contributed by atoms with Crippen LogP contribution in [0.2, 0.25) is 5.02 Å². The van der Waals surface area contributed by atoms with Gasteiger partial charge < -0.3 is 19.2 Å². The number of carboxylic acid groups (broad SMARTS) is 1. The number of carbonyl (C=O) groups is 1. The maximum Gasteiger partial charge on any atom is 0.335 e. The first-order chi connectivity index (χ1) is 15.0. The van der Waals surface area contributed by atoms with Crippen molar-refractivity contribution in [2.75, 3.05) is 36.6 Å². The van der Waals surface area contributed by atoms with Crippen molar-refractivity contribution in [3.8, 4) is 11.3 Å². The Kier molecular flexibility index (Phi) is 6.10. The molecule has 0 spiro atoms. The van der Waals surface area contributed by atoms with Crippen molar-refractivity contribution < 1.29 is 23.4 Å². The number of hydrogen-bond acceptors (Lipinski definition) is 8. The summed E-state index contributed by atoms with van der Waals surface area (Å²) < 4.78 is 25.0. The molecule has 3 aromatic rings. The largest absolute Gasteiger partial charge is 0.478 e. The Morgan fingerprint density at radius 2 is 2.10 bits per heavy atom. The number of hydrogen-bond donors (Lipinski definition) is 2. The minimum absolute atomic E-state index is 0.0946. The van der Waals surface area contributed by atoms with Gasteiger partial charge in [0.25, 0.3) is 0 Å². The van der Waals surface area contributed by atoms with Crippen LogP contribution >= 0.6 is 11.6 Å². The van der Waals surface area contributed by atoms with Crippen molar-refractivity contribution in [1.82, 2.24) is 9.97 Å². The number of rotatable bonds is 6. The number of halogens is 2. The van der Waals surface area contributed by atoms with E-state index in [4.69, 9.17) is 25.9 Å². The molecule has 9 nitrogen and oxygen atoms in total. The van der Waals surface area contributed by atoms with Crippen molar-refractivity contribution >= 4 is 35.6 Å². The van der Waals surface area contributed by atoms with Gasteiger partial charge in [0.2, 0.25) is 5.95 Å². The maximum absolute atomic E-state index is 14.1. The van der Waals surface area contributed by atoms with Gasteiger partial charge in [-0.2, -0.15) is 10.1 Å². The summed E-state index contributed by atoms with van der Waals surface area (Å²) >= 11 is 6.16. The van der Waals surface area contributed by atoms with Crippen LogP contribution in [0.15, 0.2) is 46.0 Å². The van der Waals surface area contributed by atoms with E-state index in [1.165, 1.54) is 24.4 Å². The molecule has 1 saturated heterocycles. The molecule has 1 aliphatic rings. The lowest BCUT2D eigenvalue weighted by Gasteiger charge is -2.27. The Labute approximate surface area is 181 Å². The lowest BCUT2D eigenvalue weighted by atomic mass is 10.1. The van der Waals surface area contributed by atoms with Crippen LogP contribution in [0.5, 0.6) is 0 Å². The number of ether oxygens (including phenoxy) is 1. The second-order valence-corrected chi connectivity index (χ2v) is 6.94. The van der Waals surface area contributed by atoms with Crippen LogP contribution in [0.25, 0.3) is 11.3 Å². The van der Waals surface area contributed by atoms with E-state index in [0.29, 0.717) is 48.4 Å². The Morgan fingerprint density at radius 3 is 2.87 bits per heavy atom. The molecule has 0 amide bonds. The molecule has 1 fully saturated rings. The maximum atomic E-state index is 14.1. The fourth-order valence-corrected chi connectivity index (χ4v) is 3.19. The topological polar surface area (TPSA) is 113 Å². The number of hydrazone groups is 1. The molecule has 4 rings (SSSR count). The molecule has 0 bridgehead atoms. The highest BCUT2D eigenvalue weighted by molar-refractivity contribution is 6.33. The number of nitrogens with zero attached hydrogens (tertiary/aromatic N) is 4. The number of aromatic carboxylic acids is 1. The summed E-state index contributed by atoms with van der Waals surface area (Å²) in [5.74, 6) is -0.497. The van der Waals surface area contributed by atoms with Crippen LogP contribution in [0.3, 0.4) is 0 Å². The van der Waals surface area contributed by atoms with Crippen molar-refractivity contribution in [1.29, 1.82) is 0 Å². The predicted octanol–water partition coefficient (Wildman–Crippen LogP) is 3.51. The van der Waals surface area contributed by atoms with Gasteiger partial charge in [-0.3, -0.25) is 0 Å². The molecule has 1 aromatic carbocycles. The highest BCUT2D eigenvalue weighted by atomic mass is 35.5. The average Bonchev–Trinajstić information content (AvgIpc) is 3.24. The number of furan rings is 1. The molecule has 2 aromatic heterocycles. The van der Waals surface area contributed by atoms with Gasteiger partial charge in [-0.15, -0.1) is 0 Å². The molecular formula is C20H17ClFN5O4. The summed E-state index contributed by atoms with van der Waals surface area (Å²) in [6.45, 7) is 2.09. The molecule has 2 N–H and O–H groups in total. The van der Waals surface area contributed by atoms with Crippen molar-refractivity contribution in [2.45, 2.75) is 0 Å². The van der Waals surface area contributed by atoms with Crippen LogP contribution < -0.4 is 10.3 Å². The minimum Gasteiger partial charge on any atom is -0.478 e. The Balaban J connectivity index is 1.47. The molecule has 1 aliphatic heterocycles. The van der Waals surface area contributed by atoms with E-state index < -0.39 is 11.8 Å². The summed E-state index contributed by atoms with van der Waals surface area (Å²) in [4.78, 5) is 21.0. The summed E-state index contributed by atoms with van der Waals surface area (Å²) in [6.07, 6.45) is 2.47. The standard InChI is InChI=1S/C20H17ClFN5O4/c21-15-3-1-12(19(28)29)9-14(15)17-4-2-13(31-17)10-24-26-20-23-11-16(22)18(25-20)27-5-7-30-8-6-27/h1-4,9-11H,5-8H2,(H,28,29)(H,23,25,26)/b24-10+. The lowest BCUT2D eigenvalue weighted by Crippen LogP contribution is -2.37. The monoisotopic (exact) mass is 445 g/mol. The molecule has 0 aliphatic carbocycles. The van der Waals surface area contributed by atoms with Crippen LogP contribution in [0, 0.1) is 5.82 Å². The van der Waals surface area contributed by atoms with Gasteiger partial charge in [-0.1, -0.05) is 11.6 Å². The quantitative estimate of drug-likeness (QED) is 0.437. The normalized spacial score (nSPS) is 14.2. The molecule has 3 heterocycles. The van der Waals surface area contributed by atoms with E-state index in [9.17, 15) is 9.18 Å². The van der Waals surface area contributed by atoms with E-state index in [1.807, 2.05) is 0 Å². The SMILES string of the molecule is O=C(O)c1ccc(Cl)c(-c2ccc(/C=N/Nc3ncc(F)c(N4CCOCC4)n3)o2)c1. The minimum atomic E-state index is -1.06. The highest BCUT2D eigenvalue weighted by Gasteiger charge is 2.18. The molecular weight excluding hydrogens is 429 g/mol. The van der Waals surface area contributed by atoms with Gasteiger partial charge in [0.1, 0.15) is 11.5 Å². The van der Waals surface area contributed by atoms with E-state index in [0.717, 1.165) is 6.20 Å². The first kappa shape index (κ1) is 20.8. The zero-order valence-corrected chi connectivity index (χ0v) is 16.8. The van der Waals surface area contributed by atoms with Gasteiger partial charge >= 0.3 is 5.97 Å². The average molecular weight is 446 g/mol. The summed E-state index contributed by atoms with van der Waals surface area (Å²) in [6, 6.07) is 7.64. The molecule has 0 unspecified atom stereocenters. The second-order valence-electron chi connectivity index (χ2n) is 6.54. The van der Waals surface area contributed by atoms with Gasteiger partial charge in [0.05, 0.1) is 36.2 Å². The molecule has 0 radical (unpaired) electrons. The molecule has 0 saturated carbocycles. The first-order valence-electron chi connectivity index (χ1n) is 9.28. The lowest BCUT2D eigenvalue weighted by molar-refractivity contribution is 0.0697. The Hall–Kier alpha value is -3.50. The van der Waals surface area contributed by atoms with Crippen LogP contribution in [0.1, 0.15) is 16.1 Å². The summed E-state index contributed by atoms with van der Waals surface area (Å²) in [5.41, 5.74) is 3.19. The van der Waals surface area contributed by atoms with Crippen molar-refractivity contribution in [3.63, 3.8) is 0 Å². The smallest absolute Gasteiger partial charge is 0.335 e. The second kappa shape index (κ2) is 9.11. The first-order valence-corrected chi connectivity index (χ1v) is 9.66. The van der Waals surface area contributed by atoms with Gasteiger partial charge in [0.15, 0.2) is 11.6 Å². The van der Waals surface area contributed by atoms with Gasteiger partial charge in [-0.05, 0) is 30.3 Å². The Morgan fingerprint density at radius 1 is 1.29 bits per heavy atom. The van der Waals surface area contributed by atoms with Crippen LogP contribution in [-0.2, 0) is 4.74 Å². The Bertz CT molecular complexity index is 1130. The van der Waals surface area contributed by atoms with E-state index in [-0.39, 0.29) is 17.3 Å². The fourth-order valence-electron chi connectivity index (χ4n) is 2.98. The molecule has 11 heteroatoms. The number of morpholine rings is 1. The van der Waals surface area contributed by atoms with E-state index in [1.54, 1.807) is 17.0 Å². The van der Waals surface area contributed by atoms with Crippen molar-refractivity contribution in [2.24, 2.45) is 5.10 Å². The predicted molar refractivity (Wildman–Crippen MR) is 112 cm³/mol. The molecule has 31 heavy (non-hydrogen) atoms. The zero-order valence-electron chi connectivity index (χ0n) is 16.1. The summed E-state index contributed by atoms with van der Waals surface area (Å²) in [5, 5.41) is 13.5. The number of benzene rings is 1. The third kappa shape index (κ3) is 4.81. The molecule has 0 atom stereocenters. The third-order valence-electron chi connectivity index (χ3n) is 4.50. The number of carboxylic acids is 1. The fraction of sp³-hybridized carbons (Fsp3) is 0.200. The number of anilines is 2.